The maximum atomic E-state index is 12.3. The van der Waals surface area contributed by atoms with E-state index in [1.165, 1.54) is 0 Å². The van der Waals surface area contributed by atoms with Gasteiger partial charge in [0.25, 0.3) is 0 Å². The number of nitrogens with zero attached hydrogens (tertiary/aromatic N) is 1. The van der Waals surface area contributed by atoms with Gasteiger partial charge in [-0.25, -0.2) is 0 Å². The lowest BCUT2D eigenvalue weighted by atomic mass is 10.0. The van der Waals surface area contributed by atoms with Crippen LogP contribution in [0.15, 0.2) is 42.5 Å². The molecule has 138 valence electrons. The van der Waals surface area contributed by atoms with Gasteiger partial charge in [0.05, 0.1) is 0 Å². The molecular weight excluding hydrogens is 324 g/mol. The number of hydrogen-bond donors (Lipinski definition) is 1. The van der Waals surface area contributed by atoms with Crippen LogP contribution in [-0.4, -0.2) is 24.8 Å². The molecule has 0 aliphatic rings. The maximum absolute atomic E-state index is 12.3. The Labute approximate surface area is 156 Å². The second-order valence-corrected chi connectivity index (χ2v) is 6.49. The molecule has 0 heterocycles. The number of benzene rings is 2. The quantitative estimate of drug-likeness (QED) is 0.697. The normalized spacial score (nSPS) is 10.5. The lowest BCUT2D eigenvalue weighted by Gasteiger charge is -2.21. The highest BCUT2D eigenvalue weighted by molar-refractivity contribution is 6.00. The Morgan fingerprint density at radius 3 is 2.12 bits per heavy atom. The zero-order valence-corrected chi connectivity index (χ0v) is 16.1. The number of rotatable bonds is 8. The summed E-state index contributed by atoms with van der Waals surface area (Å²) in [4.78, 5) is 26.6. The maximum Gasteiger partial charge on any atom is 0.224 e. The molecule has 0 unspecified atom stereocenters. The first-order chi connectivity index (χ1) is 12.4. The van der Waals surface area contributed by atoms with Crippen molar-refractivity contribution in [3.8, 4) is 0 Å². The average molecular weight is 352 g/mol. The highest BCUT2D eigenvalue weighted by Crippen LogP contribution is 2.18. The van der Waals surface area contributed by atoms with Crippen LogP contribution in [0.3, 0.4) is 0 Å². The first-order valence-corrected chi connectivity index (χ1v) is 9.20. The Morgan fingerprint density at radius 2 is 1.54 bits per heavy atom. The van der Waals surface area contributed by atoms with Gasteiger partial charge in [-0.15, -0.1) is 0 Å². The molecule has 0 spiro atoms. The largest absolute Gasteiger partial charge is 0.372 e. The molecule has 26 heavy (non-hydrogen) atoms. The second-order valence-electron chi connectivity index (χ2n) is 6.49. The molecule has 4 nitrogen and oxygen atoms in total. The summed E-state index contributed by atoms with van der Waals surface area (Å²) in [6.07, 6.45) is 0.398. The van der Waals surface area contributed by atoms with Crippen molar-refractivity contribution in [2.75, 3.05) is 23.3 Å². The number of aryl methyl sites for hydroxylation is 2. The van der Waals surface area contributed by atoms with Gasteiger partial charge in [-0.05, 0) is 69.2 Å². The van der Waals surface area contributed by atoms with Gasteiger partial charge >= 0.3 is 0 Å². The topological polar surface area (TPSA) is 49.4 Å². The van der Waals surface area contributed by atoms with E-state index in [4.69, 9.17) is 0 Å². The highest BCUT2D eigenvalue weighted by Gasteiger charge is 2.11. The zero-order valence-electron chi connectivity index (χ0n) is 16.1. The van der Waals surface area contributed by atoms with Crippen LogP contribution in [0.1, 0.15) is 48.2 Å². The molecule has 0 aliphatic heterocycles. The van der Waals surface area contributed by atoms with Crippen LogP contribution in [0.2, 0.25) is 0 Å². The minimum atomic E-state index is -0.141. The lowest BCUT2D eigenvalue weighted by molar-refractivity contribution is -0.116. The fourth-order valence-electron chi connectivity index (χ4n) is 2.85. The van der Waals surface area contributed by atoms with Crippen LogP contribution < -0.4 is 10.2 Å². The third-order valence-electron chi connectivity index (χ3n) is 4.69. The van der Waals surface area contributed by atoms with Gasteiger partial charge in [0.15, 0.2) is 5.78 Å². The Kier molecular flexibility index (Phi) is 6.96. The van der Waals surface area contributed by atoms with Crippen molar-refractivity contribution >= 4 is 23.1 Å². The van der Waals surface area contributed by atoms with Gasteiger partial charge in [-0.2, -0.15) is 0 Å². The van der Waals surface area contributed by atoms with E-state index < -0.39 is 0 Å². The molecular formula is C22H28N2O2. The molecule has 1 N–H and O–H groups in total. The smallest absolute Gasteiger partial charge is 0.224 e. The number of carbonyl (C=O) groups excluding carboxylic acids is 2. The van der Waals surface area contributed by atoms with E-state index in [-0.39, 0.29) is 24.5 Å². The van der Waals surface area contributed by atoms with E-state index in [1.807, 2.05) is 56.3 Å². The summed E-state index contributed by atoms with van der Waals surface area (Å²) in [6.45, 7) is 10.1. The summed E-state index contributed by atoms with van der Waals surface area (Å²) in [5, 5.41) is 2.86. The summed E-state index contributed by atoms with van der Waals surface area (Å²) in [5.41, 5.74) is 4.81. The number of Topliss-reactive ketones (excluding diaryl/α,β-unsaturated/α-hetero) is 1. The zero-order chi connectivity index (χ0) is 19.1. The van der Waals surface area contributed by atoms with E-state index in [0.717, 1.165) is 35.6 Å². The summed E-state index contributed by atoms with van der Waals surface area (Å²) < 4.78 is 0. The van der Waals surface area contributed by atoms with Crippen molar-refractivity contribution in [3.63, 3.8) is 0 Å². The van der Waals surface area contributed by atoms with Crippen molar-refractivity contribution in [2.24, 2.45) is 0 Å². The van der Waals surface area contributed by atoms with Crippen LogP contribution in [-0.2, 0) is 4.79 Å². The average Bonchev–Trinajstić information content (AvgIpc) is 2.64. The molecule has 4 heteroatoms. The van der Waals surface area contributed by atoms with Gasteiger partial charge in [-0.1, -0.05) is 12.1 Å². The van der Waals surface area contributed by atoms with Crippen LogP contribution in [0.5, 0.6) is 0 Å². The monoisotopic (exact) mass is 352 g/mol. The third kappa shape index (κ3) is 5.19. The lowest BCUT2D eigenvalue weighted by Crippen LogP contribution is -2.21. The summed E-state index contributed by atoms with van der Waals surface area (Å²) >= 11 is 0. The molecule has 1 amide bonds. The van der Waals surface area contributed by atoms with Crippen LogP contribution in [0.4, 0.5) is 11.4 Å². The summed E-state index contributed by atoms with van der Waals surface area (Å²) in [6, 6.07) is 13.5. The summed E-state index contributed by atoms with van der Waals surface area (Å²) in [7, 11) is 0. The number of amides is 1. The Hall–Kier alpha value is -2.62. The predicted molar refractivity (Wildman–Crippen MR) is 108 cm³/mol. The van der Waals surface area contributed by atoms with Gasteiger partial charge in [-0.3, -0.25) is 9.59 Å². The molecule has 0 aliphatic carbocycles. The number of ketones is 1. The minimum absolute atomic E-state index is 0.000122. The van der Waals surface area contributed by atoms with E-state index in [9.17, 15) is 9.59 Å². The molecule has 2 rings (SSSR count). The molecule has 0 fully saturated rings. The highest BCUT2D eigenvalue weighted by atomic mass is 16.2. The first-order valence-electron chi connectivity index (χ1n) is 9.20. The number of carbonyl (C=O) groups is 2. The molecule has 0 bridgehead atoms. The second kappa shape index (κ2) is 9.18. The molecule has 0 atom stereocenters. The van der Waals surface area contributed by atoms with Crippen LogP contribution >= 0.6 is 0 Å². The molecule has 0 aromatic heterocycles. The van der Waals surface area contributed by atoms with Crippen LogP contribution in [0, 0.1) is 13.8 Å². The Balaban J connectivity index is 1.88. The van der Waals surface area contributed by atoms with E-state index in [1.54, 1.807) is 0 Å². The molecule has 2 aromatic rings. The number of hydrogen-bond acceptors (Lipinski definition) is 3. The van der Waals surface area contributed by atoms with Crippen molar-refractivity contribution in [3.05, 3.63) is 59.2 Å². The fourth-order valence-corrected chi connectivity index (χ4v) is 2.85. The van der Waals surface area contributed by atoms with Crippen molar-refractivity contribution in [1.29, 1.82) is 0 Å². The Morgan fingerprint density at radius 1 is 0.885 bits per heavy atom. The predicted octanol–water partition coefficient (Wildman–Crippen LogP) is 4.75. The molecule has 0 saturated carbocycles. The molecule has 2 aromatic carbocycles. The molecule has 0 radical (unpaired) electrons. The van der Waals surface area contributed by atoms with E-state index >= 15 is 0 Å². The minimum Gasteiger partial charge on any atom is -0.372 e. The van der Waals surface area contributed by atoms with E-state index in [0.29, 0.717) is 5.56 Å². The van der Waals surface area contributed by atoms with Crippen molar-refractivity contribution in [2.45, 2.75) is 40.5 Å². The third-order valence-corrected chi connectivity index (χ3v) is 4.69. The van der Waals surface area contributed by atoms with Gasteiger partial charge in [0, 0.05) is 42.9 Å². The number of anilines is 2. The van der Waals surface area contributed by atoms with Gasteiger partial charge in [0.2, 0.25) is 5.91 Å². The van der Waals surface area contributed by atoms with E-state index in [2.05, 4.69) is 24.1 Å². The van der Waals surface area contributed by atoms with Crippen molar-refractivity contribution in [1.82, 2.24) is 0 Å². The molecule has 0 saturated heterocycles. The van der Waals surface area contributed by atoms with Gasteiger partial charge < -0.3 is 10.2 Å². The number of nitrogens with one attached hydrogen (secondary N) is 1. The standard InChI is InChI=1S/C22H28N2O2/c1-5-24(6-2)20-11-9-19(10-12-20)23-22(26)14-13-21(25)18-8-7-16(3)17(4)15-18/h7-12,15H,5-6,13-14H2,1-4H3,(H,23,26). The van der Waals surface area contributed by atoms with Crippen LogP contribution in [0.25, 0.3) is 0 Å². The van der Waals surface area contributed by atoms with Gasteiger partial charge in [0.1, 0.15) is 0 Å². The SMILES string of the molecule is CCN(CC)c1ccc(NC(=O)CCC(=O)c2ccc(C)c(C)c2)cc1. The van der Waals surface area contributed by atoms with Crippen molar-refractivity contribution < 1.29 is 9.59 Å². The summed E-state index contributed by atoms with van der Waals surface area (Å²) in [5.74, 6) is -0.141. The first kappa shape index (κ1) is 19.7. The fraction of sp³-hybridized carbons (Fsp3) is 0.364. The Bertz CT molecular complexity index is 762.